The van der Waals surface area contributed by atoms with Crippen molar-refractivity contribution in [1.82, 2.24) is 20.5 Å². The number of fused-ring (bicyclic) bond motifs is 1. The molecule has 3 aromatic rings. The Hall–Kier alpha value is -3.26. The Balaban J connectivity index is 0.00000235. The maximum Gasteiger partial charge on any atom is 0.256 e. The van der Waals surface area contributed by atoms with Crippen molar-refractivity contribution in [2.75, 3.05) is 5.32 Å². The van der Waals surface area contributed by atoms with Crippen LogP contribution >= 0.6 is 11.8 Å². The first-order valence-electron chi connectivity index (χ1n) is 13.1. The molecule has 1 amide bonds. The van der Waals surface area contributed by atoms with Crippen LogP contribution in [0, 0.1) is 0 Å². The first kappa shape index (κ1) is 30.0. The molecule has 3 N–H and O–H groups in total. The molecule has 2 heterocycles. The van der Waals surface area contributed by atoms with Crippen LogP contribution in [0.4, 0.5) is 5.82 Å². The molecule has 1 atom stereocenters. The summed E-state index contributed by atoms with van der Waals surface area (Å²) in [6, 6.07) is 9.19. The molecule has 2 aromatic heterocycles. The number of thioether (sulfide) groups is 1. The van der Waals surface area contributed by atoms with Crippen LogP contribution in [0.3, 0.4) is 0 Å². The largest absolute Gasteiger partial charge is 0.456 e. The number of nitrogens with zero attached hydrogens (tertiary/aromatic N) is 2. The minimum absolute atomic E-state index is 0.209. The lowest BCUT2D eigenvalue weighted by molar-refractivity contribution is 0.0969. The van der Waals surface area contributed by atoms with Gasteiger partial charge in [0, 0.05) is 23.9 Å². The topological polar surface area (TPSA) is 91.9 Å². The van der Waals surface area contributed by atoms with Crippen molar-refractivity contribution in [2.24, 2.45) is 0 Å². The second-order valence-electron chi connectivity index (χ2n) is 8.36. The number of hydrogen-bond acceptors (Lipinski definition) is 6. The summed E-state index contributed by atoms with van der Waals surface area (Å²) >= 11 is 1.43. The summed E-state index contributed by atoms with van der Waals surface area (Å²) in [5.74, 6) is 1.81. The molecule has 0 aliphatic rings. The number of unbranched alkanes of at least 4 members (excludes halogenated alkanes) is 2. The summed E-state index contributed by atoms with van der Waals surface area (Å²) in [6.45, 7) is 16.2. The number of carbonyl (C=O) groups is 1. The van der Waals surface area contributed by atoms with Crippen LogP contribution in [-0.2, 0) is 0 Å². The van der Waals surface area contributed by atoms with Gasteiger partial charge in [-0.25, -0.2) is 4.98 Å². The molecule has 1 unspecified atom stereocenters. The van der Waals surface area contributed by atoms with Crippen molar-refractivity contribution in [3.05, 3.63) is 64.7 Å². The van der Waals surface area contributed by atoms with E-state index in [4.69, 9.17) is 4.74 Å². The van der Waals surface area contributed by atoms with E-state index in [2.05, 4.69) is 46.2 Å². The maximum atomic E-state index is 12.5. The average molecular weight is 524 g/mol. The third-order valence-electron chi connectivity index (χ3n) is 5.70. The lowest BCUT2D eigenvalue weighted by atomic mass is 10.1. The molecule has 0 saturated carbocycles. The van der Waals surface area contributed by atoms with Gasteiger partial charge in [-0.3, -0.25) is 9.89 Å². The van der Waals surface area contributed by atoms with Crippen LogP contribution < -0.4 is 15.4 Å². The number of nitrogens with one attached hydrogen (secondary N) is 3. The number of rotatable bonds is 13. The molecule has 0 saturated heterocycles. The molecule has 0 aliphatic carbocycles. The van der Waals surface area contributed by atoms with Gasteiger partial charge in [-0.15, -0.1) is 0 Å². The number of carbonyl (C=O) groups excluding carboxylic acids is 1. The minimum atomic E-state index is -0.209. The fourth-order valence-corrected chi connectivity index (χ4v) is 4.25. The lowest BCUT2D eigenvalue weighted by Crippen LogP contribution is -2.20. The van der Waals surface area contributed by atoms with Crippen LogP contribution in [-0.4, -0.2) is 27.1 Å². The highest BCUT2D eigenvalue weighted by Crippen LogP contribution is 2.33. The smallest absolute Gasteiger partial charge is 0.256 e. The number of benzene rings is 1. The fraction of sp³-hybridized carbons (Fsp3) is 0.414. The van der Waals surface area contributed by atoms with Crippen molar-refractivity contribution >= 4 is 34.5 Å². The summed E-state index contributed by atoms with van der Waals surface area (Å²) in [4.78, 5) is 18.0. The Kier molecular flexibility index (Phi) is 12.8. The summed E-state index contributed by atoms with van der Waals surface area (Å²) in [7, 11) is 0. The summed E-state index contributed by atoms with van der Waals surface area (Å²) in [6.07, 6.45) is 9.39. The molecule has 3 rings (SSSR count). The van der Waals surface area contributed by atoms with Crippen LogP contribution in [0.5, 0.6) is 11.5 Å². The fourth-order valence-electron chi connectivity index (χ4n) is 3.60. The van der Waals surface area contributed by atoms with E-state index in [1.54, 1.807) is 30.5 Å². The standard InChI is InChI=1S/C27H35N5O2S.C2H6/c1-6-9-10-11-21(8-3)30-26-24-23(16-17-28-25(24)31-32-26)34-22-14-12-20(13-15-22)27(33)29-19(5)35-18(4)7-2;1-2/h7,12-17,21H,5-6,8-11H2,1-4H3,(H,29,33)(H2,28,30,31,32);1-2H3/b18-7-;. The highest BCUT2D eigenvalue weighted by atomic mass is 32.2. The predicted molar refractivity (Wildman–Crippen MR) is 157 cm³/mol. The number of amides is 1. The number of allylic oxidation sites excluding steroid dienone is 2. The number of hydrogen-bond donors (Lipinski definition) is 3. The van der Waals surface area contributed by atoms with E-state index in [9.17, 15) is 4.79 Å². The molecule has 0 aliphatic heterocycles. The number of aromatic nitrogens is 3. The summed E-state index contributed by atoms with van der Waals surface area (Å²) in [5, 5.41) is 15.2. The zero-order valence-electron chi connectivity index (χ0n) is 23.0. The molecule has 0 spiro atoms. The molecule has 37 heavy (non-hydrogen) atoms. The predicted octanol–water partition coefficient (Wildman–Crippen LogP) is 8.41. The van der Waals surface area contributed by atoms with Gasteiger partial charge < -0.3 is 15.4 Å². The summed E-state index contributed by atoms with van der Waals surface area (Å²) in [5.41, 5.74) is 1.19. The molecule has 0 fully saturated rings. The van der Waals surface area contributed by atoms with Gasteiger partial charge in [0.25, 0.3) is 5.91 Å². The minimum Gasteiger partial charge on any atom is -0.456 e. The monoisotopic (exact) mass is 523 g/mol. The van der Waals surface area contributed by atoms with Crippen LogP contribution in [0.2, 0.25) is 0 Å². The van der Waals surface area contributed by atoms with Gasteiger partial charge >= 0.3 is 0 Å². The maximum absolute atomic E-state index is 12.5. The zero-order chi connectivity index (χ0) is 27.2. The number of ether oxygens (including phenoxy) is 1. The molecule has 8 heteroatoms. The SMILES string of the molecule is C=C(NC(=O)c1ccc(Oc2ccnc3[nH]nc(NC(CC)CCCCC)c23)cc1)S/C(C)=C\C.CC. The van der Waals surface area contributed by atoms with Crippen molar-refractivity contribution < 1.29 is 9.53 Å². The molecule has 200 valence electrons. The third-order valence-corrected chi connectivity index (χ3v) is 6.61. The number of pyridine rings is 1. The highest BCUT2D eigenvalue weighted by molar-refractivity contribution is 8.06. The van der Waals surface area contributed by atoms with Crippen LogP contribution in [0.25, 0.3) is 11.0 Å². The van der Waals surface area contributed by atoms with E-state index in [-0.39, 0.29) is 5.91 Å². The Labute approximate surface area is 225 Å². The Morgan fingerprint density at radius 2 is 1.92 bits per heavy atom. The molecular formula is C29H41N5O2S. The van der Waals surface area contributed by atoms with Crippen LogP contribution in [0.1, 0.15) is 84.0 Å². The zero-order valence-corrected chi connectivity index (χ0v) is 23.8. The number of H-pyrrole nitrogens is 1. The van der Waals surface area contributed by atoms with E-state index in [1.807, 2.05) is 39.8 Å². The molecule has 1 aromatic carbocycles. The average Bonchev–Trinajstić information content (AvgIpc) is 3.33. The molecule has 0 bridgehead atoms. The number of anilines is 1. The second kappa shape index (κ2) is 15.8. The van der Waals surface area contributed by atoms with Crippen molar-refractivity contribution in [3.63, 3.8) is 0 Å². The van der Waals surface area contributed by atoms with Gasteiger partial charge in [0.05, 0.1) is 5.03 Å². The summed E-state index contributed by atoms with van der Waals surface area (Å²) < 4.78 is 6.19. The molecule has 7 nitrogen and oxygen atoms in total. The normalized spacial score (nSPS) is 11.9. The molecular weight excluding hydrogens is 482 g/mol. The third kappa shape index (κ3) is 8.97. The van der Waals surface area contributed by atoms with E-state index < -0.39 is 0 Å². The Morgan fingerprint density at radius 3 is 2.57 bits per heavy atom. The second-order valence-corrected chi connectivity index (χ2v) is 9.70. The van der Waals surface area contributed by atoms with E-state index in [0.29, 0.717) is 33.8 Å². The van der Waals surface area contributed by atoms with Gasteiger partial charge in [0.15, 0.2) is 11.5 Å². The lowest BCUT2D eigenvalue weighted by Gasteiger charge is -2.17. The van der Waals surface area contributed by atoms with Gasteiger partial charge in [0.1, 0.15) is 16.9 Å². The van der Waals surface area contributed by atoms with Crippen molar-refractivity contribution in [1.29, 1.82) is 0 Å². The van der Waals surface area contributed by atoms with Gasteiger partial charge in [-0.1, -0.05) is 71.4 Å². The van der Waals surface area contributed by atoms with Crippen molar-refractivity contribution in [2.45, 2.75) is 79.7 Å². The highest BCUT2D eigenvalue weighted by Gasteiger charge is 2.16. The first-order chi connectivity index (χ1) is 17.9. The Morgan fingerprint density at radius 1 is 1.19 bits per heavy atom. The van der Waals surface area contributed by atoms with Crippen LogP contribution in [0.15, 0.2) is 59.1 Å². The quantitative estimate of drug-likeness (QED) is 0.195. The Bertz CT molecular complexity index is 1170. The van der Waals surface area contributed by atoms with Crippen molar-refractivity contribution in [3.8, 4) is 11.5 Å². The van der Waals surface area contributed by atoms with Gasteiger partial charge in [-0.2, -0.15) is 5.10 Å². The van der Waals surface area contributed by atoms with Gasteiger partial charge in [-0.05, 0) is 55.9 Å². The van der Waals surface area contributed by atoms with E-state index in [0.717, 1.165) is 29.0 Å². The van der Waals surface area contributed by atoms with E-state index >= 15 is 0 Å². The van der Waals surface area contributed by atoms with Gasteiger partial charge in [0.2, 0.25) is 0 Å². The van der Waals surface area contributed by atoms with E-state index in [1.165, 1.54) is 31.0 Å². The number of aromatic amines is 1. The molecule has 0 radical (unpaired) electrons. The first-order valence-corrected chi connectivity index (χ1v) is 13.9.